The summed E-state index contributed by atoms with van der Waals surface area (Å²) in [5.41, 5.74) is -0.139. The number of hydrogen-bond acceptors (Lipinski definition) is 2. The van der Waals surface area contributed by atoms with Crippen molar-refractivity contribution in [2.75, 3.05) is 6.54 Å². The van der Waals surface area contributed by atoms with E-state index in [0.717, 1.165) is 16.3 Å². The lowest BCUT2D eigenvalue weighted by atomic mass is 10.1. The molecule has 8 heteroatoms. The molecule has 1 aromatic carbocycles. The Morgan fingerprint density at radius 1 is 1.23 bits per heavy atom. The molecule has 0 saturated carbocycles. The number of nitrogens with one attached hydrogen (secondary N) is 1. The zero-order chi connectivity index (χ0) is 16.2. The highest BCUT2D eigenvalue weighted by Gasteiger charge is 2.33. The van der Waals surface area contributed by atoms with Gasteiger partial charge in [-0.1, -0.05) is 23.7 Å². The third-order valence-corrected chi connectivity index (χ3v) is 3.12. The topological polar surface area (TPSA) is 46.9 Å². The second-order valence-corrected chi connectivity index (χ2v) is 5.05. The van der Waals surface area contributed by atoms with E-state index in [1.165, 1.54) is 6.20 Å². The van der Waals surface area contributed by atoms with E-state index >= 15 is 0 Å². The summed E-state index contributed by atoms with van der Waals surface area (Å²) >= 11 is 5.74. The molecule has 1 heterocycles. The first kappa shape index (κ1) is 16.4. The lowest BCUT2D eigenvalue weighted by molar-refractivity contribution is -0.141. The van der Waals surface area contributed by atoms with Crippen molar-refractivity contribution in [1.82, 2.24) is 15.1 Å². The maximum Gasteiger partial charge on any atom is 0.435 e. The van der Waals surface area contributed by atoms with Gasteiger partial charge in [-0.2, -0.15) is 18.3 Å². The highest BCUT2D eigenvalue weighted by atomic mass is 35.5. The third-order valence-electron chi connectivity index (χ3n) is 2.87. The zero-order valence-corrected chi connectivity index (χ0v) is 12.2. The molecule has 0 fully saturated rings. The molecule has 0 aliphatic carbocycles. The van der Waals surface area contributed by atoms with Crippen molar-refractivity contribution in [2.45, 2.75) is 19.1 Å². The van der Waals surface area contributed by atoms with E-state index in [9.17, 15) is 18.0 Å². The van der Waals surface area contributed by atoms with Crippen LogP contribution in [0.4, 0.5) is 13.2 Å². The molecule has 0 aliphatic heterocycles. The van der Waals surface area contributed by atoms with Crippen LogP contribution in [0.1, 0.15) is 11.3 Å². The number of amides is 1. The summed E-state index contributed by atoms with van der Waals surface area (Å²) in [5.74, 6) is -0.217. The molecule has 0 saturated heterocycles. The summed E-state index contributed by atoms with van der Waals surface area (Å²) in [6.07, 6.45) is -3.04. The molecule has 22 heavy (non-hydrogen) atoms. The van der Waals surface area contributed by atoms with Crippen LogP contribution in [0.15, 0.2) is 36.5 Å². The minimum atomic E-state index is -4.46. The lowest BCUT2D eigenvalue weighted by Crippen LogP contribution is -2.28. The van der Waals surface area contributed by atoms with Gasteiger partial charge in [0.05, 0.1) is 13.0 Å². The summed E-state index contributed by atoms with van der Waals surface area (Å²) in [6, 6.07) is 7.75. The minimum Gasteiger partial charge on any atom is -0.354 e. The first-order valence-corrected chi connectivity index (χ1v) is 6.84. The van der Waals surface area contributed by atoms with E-state index in [1.54, 1.807) is 24.3 Å². The summed E-state index contributed by atoms with van der Waals surface area (Å²) in [6.45, 7) is 0.369. The molecule has 0 radical (unpaired) electrons. The number of alkyl halides is 3. The molecule has 0 aliphatic rings. The fourth-order valence-electron chi connectivity index (χ4n) is 1.80. The van der Waals surface area contributed by atoms with Crippen LogP contribution >= 0.6 is 11.6 Å². The molecule has 2 aromatic rings. The number of carbonyl (C=O) groups is 1. The lowest BCUT2D eigenvalue weighted by Gasteiger charge is -2.06. The van der Waals surface area contributed by atoms with Crippen molar-refractivity contribution in [3.8, 4) is 0 Å². The van der Waals surface area contributed by atoms with Gasteiger partial charge in [0.15, 0.2) is 5.69 Å². The van der Waals surface area contributed by atoms with Gasteiger partial charge in [-0.3, -0.25) is 9.48 Å². The predicted molar refractivity (Wildman–Crippen MR) is 75.4 cm³/mol. The van der Waals surface area contributed by atoms with Gasteiger partial charge >= 0.3 is 6.18 Å². The van der Waals surface area contributed by atoms with E-state index in [2.05, 4.69) is 10.4 Å². The molecule has 4 nitrogen and oxygen atoms in total. The molecule has 118 valence electrons. The Hall–Kier alpha value is -2.02. The molecule has 0 unspecified atom stereocenters. The molecule has 1 amide bonds. The molecule has 2 rings (SSSR count). The van der Waals surface area contributed by atoms with Gasteiger partial charge in [0, 0.05) is 17.8 Å². The third kappa shape index (κ3) is 4.77. The Kier molecular flexibility index (Phi) is 5.07. The van der Waals surface area contributed by atoms with Crippen LogP contribution in [-0.2, 0) is 23.9 Å². The van der Waals surface area contributed by atoms with Gasteiger partial charge in [-0.05, 0) is 23.8 Å². The van der Waals surface area contributed by atoms with Crippen molar-refractivity contribution in [3.05, 3.63) is 52.8 Å². The Labute approximate surface area is 129 Å². The number of rotatable bonds is 5. The average Bonchev–Trinajstić information content (AvgIpc) is 2.90. The molecule has 0 spiro atoms. The molecule has 0 bridgehead atoms. The molecule has 1 N–H and O–H groups in total. The van der Waals surface area contributed by atoms with Crippen LogP contribution in [0.25, 0.3) is 0 Å². The highest BCUT2D eigenvalue weighted by Crippen LogP contribution is 2.27. The second kappa shape index (κ2) is 6.83. The van der Waals surface area contributed by atoms with E-state index in [-0.39, 0.29) is 25.4 Å². The number of benzene rings is 1. The Morgan fingerprint density at radius 3 is 2.50 bits per heavy atom. The van der Waals surface area contributed by atoms with Crippen LogP contribution in [0, 0.1) is 0 Å². The zero-order valence-electron chi connectivity index (χ0n) is 11.4. The number of halogens is 4. The number of aromatic nitrogens is 2. The SMILES string of the molecule is O=C(Cc1ccc(Cl)cc1)NCCn1ccc(C(F)(F)F)n1. The van der Waals surface area contributed by atoms with Crippen LogP contribution in [0.5, 0.6) is 0 Å². The van der Waals surface area contributed by atoms with Crippen LogP contribution in [0.2, 0.25) is 5.02 Å². The maximum atomic E-state index is 12.4. The summed E-state index contributed by atoms with van der Waals surface area (Å²) in [7, 11) is 0. The average molecular weight is 332 g/mol. The summed E-state index contributed by atoms with van der Waals surface area (Å²) in [4.78, 5) is 11.7. The van der Waals surface area contributed by atoms with Crippen molar-refractivity contribution in [1.29, 1.82) is 0 Å². The summed E-state index contributed by atoms with van der Waals surface area (Å²) in [5, 5.41) is 6.61. The Morgan fingerprint density at radius 2 is 1.91 bits per heavy atom. The second-order valence-electron chi connectivity index (χ2n) is 4.62. The first-order chi connectivity index (χ1) is 10.3. The largest absolute Gasteiger partial charge is 0.435 e. The van der Waals surface area contributed by atoms with E-state index < -0.39 is 11.9 Å². The minimum absolute atomic E-state index is 0.169. The van der Waals surface area contributed by atoms with E-state index in [0.29, 0.717) is 5.02 Å². The van der Waals surface area contributed by atoms with Crippen molar-refractivity contribution in [2.24, 2.45) is 0 Å². The van der Waals surface area contributed by atoms with Gasteiger partial charge in [0.2, 0.25) is 5.91 Å². The maximum absolute atomic E-state index is 12.4. The Bertz CT molecular complexity index is 638. The van der Waals surface area contributed by atoms with E-state index in [1.807, 2.05) is 0 Å². The standard InChI is InChI=1S/C14H13ClF3N3O/c15-11-3-1-10(2-4-11)9-13(22)19-6-8-21-7-5-12(20-21)14(16,17)18/h1-5,7H,6,8-9H2,(H,19,22). The number of nitrogens with zero attached hydrogens (tertiary/aromatic N) is 2. The quantitative estimate of drug-likeness (QED) is 0.915. The fraction of sp³-hybridized carbons (Fsp3) is 0.286. The molecular formula is C14H13ClF3N3O. The molecule has 0 atom stereocenters. The van der Waals surface area contributed by atoms with Crippen LogP contribution in [-0.4, -0.2) is 22.2 Å². The van der Waals surface area contributed by atoms with Crippen LogP contribution in [0.3, 0.4) is 0 Å². The number of hydrogen-bond donors (Lipinski definition) is 1. The first-order valence-electron chi connectivity index (χ1n) is 6.46. The van der Waals surface area contributed by atoms with Crippen molar-refractivity contribution < 1.29 is 18.0 Å². The normalized spacial score (nSPS) is 11.5. The molecular weight excluding hydrogens is 319 g/mol. The van der Waals surface area contributed by atoms with Crippen molar-refractivity contribution in [3.63, 3.8) is 0 Å². The van der Waals surface area contributed by atoms with Gasteiger partial charge in [-0.15, -0.1) is 0 Å². The Balaban J connectivity index is 1.77. The van der Waals surface area contributed by atoms with Gasteiger partial charge in [0.25, 0.3) is 0 Å². The van der Waals surface area contributed by atoms with Gasteiger partial charge in [-0.25, -0.2) is 0 Å². The highest BCUT2D eigenvalue weighted by molar-refractivity contribution is 6.30. The monoisotopic (exact) mass is 331 g/mol. The predicted octanol–water partition coefficient (Wildman–Crippen LogP) is 2.91. The fourth-order valence-corrected chi connectivity index (χ4v) is 1.92. The van der Waals surface area contributed by atoms with E-state index in [4.69, 9.17) is 11.6 Å². The molecule has 1 aromatic heterocycles. The van der Waals surface area contributed by atoms with Gasteiger partial charge < -0.3 is 5.32 Å². The van der Waals surface area contributed by atoms with Gasteiger partial charge in [0.1, 0.15) is 0 Å². The van der Waals surface area contributed by atoms with Crippen molar-refractivity contribution >= 4 is 17.5 Å². The smallest absolute Gasteiger partial charge is 0.354 e. The van der Waals surface area contributed by atoms with Crippen LogP contribution < -0.4 is 5.32 Å². The summed E-state index contributed by atoms with van der Waals surface area (Å²) < 4.78 is 38.2. The number of carbonyl (C=O) groups excluding carboxylic acids is 1.